The molecule has 1 aliphatic rings. The van der Waals surface area contributed by atoms with Crippen molar-refractivity contribution >= 4 is 5.91 Å². The van der Waals surface area contributed by atoms with E-state index in [1.165, 1.54) is 0 Å². The van der Waals surface area contributed by atoms with Crippen LogP contribution in [0.15, 0.2) is 48.5 Å². The number of aromatic nitrogens is 6. The topological polar surface area (TPSA) is 111 Å². The molecule has 1 aliphatic heterocycles. The molecule has 2 aromatic heterocycles. The zero-order valence-corrected chi connectivity index (χ0v) is 21.9. The van der Waals surface area contributed by atoms with Crippen LogP contribution in [0.4, 0.5) is 0 Å². The summed E-state index contributed by atoms with van der Waals surface area (Å²) in [6.45, 7) is 4.51. The minimum atomic E-state index is -0.0276. The number of H-pyrrole nitrogens is 1. The first-order chi connectivity index (χ1) is 18.6. The Morgan fingerprint density at radius 3 is 2.55 bits per heavy atom. The van der Waals surface area contributed by atoms with E-state index in [1.54, 1.807) is 9.58 Å². The number of carbonyl (C=O) groups excluding carboxylic acids is 1. The minimum Gasteiger partial charge on any atom is -0.468 e. The Kier molecular flexibility index (Phi) is 8.08. The fraction of sp³-hybridized carbons (Fsp3) is 0.393. The van der Waals surface area contributed by atoms with Crippen molar-refractivity contribution in [2.45, 2.75) is 32.6 Å². The number of unbranched alkanes of at least 4 members (excludes halogenated alkanes) is 1. The lowest BCUT2D eigenvalue weighted by Crippen LogP contribution is -2.43. The molecule has 0 unspecified atom stereocenters. The van der Waals surface area contributed by atoms with Crippen molar-refractivity contribution in [3.8, 4) is 28.4 Å². The van der Waals surface area contributed by atoms with E-state index < -0.39 is 0 Å². The van der Waals surface area contributed by atoms with Gasteiger partial charge in [-0.2, -0.15) is 10.3 Å². The molecule has 0 atom stereocenters. The number of benzene rings is 2. The third-order valence-corrected chi connectivity index (χ3v) is 6.79. The molecule has 2 aromatic carbocycles. The van der Waals surface area contributed by atoms with Crippen LogP contribution in [0.2, 0.25) is 0 Å². The summed E-state index contributed by atoms with van der Waals surface area (Å²) in [7, 11) is 1.88. The number of aryl methyl sites for hydroxylation is 2. The van der Waals surface area contributed by atoms with Gasteiger partial charge >= 0.3 is 0 Å². The van der Waals surface area contributed by atoms with Crippen molar-refractivity contribution in [2.75, 3.05) is 32.9 Å². The first-order valence-corrected chi connectivity index (χ1v) is 13.1. The largest absolute Gasteiger partial charge is 0.468 e. The zero-order chi connectivity index (χ0) is 26.3. The van der Waals surface area contributed by atoms with Crippen molar-refractivity contribution in [1.29, 1.82) is 0 Å². The molecule has 38 heavy (non-hydrogen) atoms. The van der Waals surface area contributed by atoms with E-state index in [9.17, 15) is 4.79 Å². The molecule has 0 bridgehead atoms. The number of aromatic amines is 1. The molecule has 10 heteroatoms. The highest BCUT2D eigenvalue weighted by molar-refractivity contribution is 5.80. The van der Waals surface area contributed by atoms with E-state index in [0.29, 0.717) is 44.4 Å². The lowest BCUT2D eigenvalue weighted by molar-refractivity contribution is -0.137. The van der Waals surface area contributed by atoms with Gasteiger partial charge in [0.1, 0.15) is 0 Å². The number of nitrogens with one attached hydrogen (secondary N) is 1. The number of hydrogen-bond acceptors (Lipinski definition) is 7. The summed E-state index contributed by atoms with van der Waals surface area (Å²) in [5.74, 6) is 1.19. The maximum atomic E-state index is 12.7. The number of carbonyl (C=O) groups is 1. The third kappa shape index (κ3) is 5.75. The first-order valence-electron chi connectivity index (χ1n) is 13.1. The second-order valence-electron chi connectivity index (χ2n) is 9.39. The quantitative estimate of drug-likeness (QED) is 0.344. The number of hydrogen-bond donors (Lipinski definition) is 1. The Hall–Kier alpha value is -4.05. The van der Waals surface area contributed by atoms with Crippen LogP contribution in [-0.2, 0) is 29.4 Å². The molecule has 4 aromatic rings. The molecule has 0 saturated carbocycles. The van der Waals surface area contributed by atoms with Crippen molar-refractivity contribution < 1.29 is 14.3 Å². The average Bonchev–Trinajstić information content (AvgIpc) is 3.60. The summed E-state index contributed by atoms with van der Waals surface area (Å²) < 4.78 is 13.2. The van der Waals surface area contributed by atoms with E-state index in [2.05, 4.69) is 57.9 Å². The molecule has 1 amide bonds. The molecular formula is C28H33N7O3. The maximum absolute atomic E-state index is 12.7. The van der Waals surface area contributed by atoms with Crippen LogP contribution >= 0.6 is 0 Å². The normalized spacial score (nSPS) is 13.6. The molecule has 1 fully saturated rings. The minimum absolute atomic E-state index is 0.00838. The SMILES string of the molecule is CCCCc1nn(C)c(OCC(=O)N2CCOCC2)c1Cc1ccc(-c2ccccc2-c2nn[nH]n2)cc1. The van der Waals surface area contributed by atoms with Gasteiger partial charge in [-0.3, -0.25) is 4.79 Å². The van der Waals surface area contributed by atoms with Gasteiger partial charge in [0, 0.05) is 37.7 Å². The van der Waals surface area contributed by atoms with Gasteiger partial charge in [0.2, 0.25) is 11.7 Å². The second-order valence-corrected chi connectivity index (χ2v) is 9.39. The van der Waals surface area contributed by atoms with Crippen LogP contribution < -0.4 is 4.74 Å². The molecule has 3 heterocycles. The van der Waals surface area contributed by atoms with Gasteiger partial charge in [0.25, 0.3) is 5.91 Å². The summed E-state index contributed by atoms with van der Waals surface area (Å²) in [6.07, 6.45) is 3.66. The van der Waals surface area contributed by atoms with Crippen LogP contribution in [0.3, 0.4) is 0 Å². The lowest BCUT2D eigenvalue weighted by atomic mass is 9.96. The molecule has 0 spiro atoms. The summed E-state index contributed by atoms with van der Waals surface area (Å²) in [5.41, 5.74) is 6.23. The zero-order valence-electron chi connectivity index (χ0n) is 21.9. The maximum Gasteiger partial charge on any atom is 0.260 e. The Labute approximate surface area is 222 Å². The summed E-state index contributed by atoms with van der Waals surface area (Å²) >= 11 is 0. The Morgan fingerprint density at radius 1 is 1.08 bits per heavy atom. The Morgan fingerprint density at radius 2 is 1.84 bits per heavy atom. The van der Waals surface area contributed by atoms with Gasteiger partial charge in [-0.25, -0.2) is 4.68 Å². The molecule has 0 radical (unpaired) electrons. The third-order valence-electron chi connectivity index (χ3n) is 6.79. The van der Waals surface area contributed by atoms with Crippen LogP contribution in [0.5, 0.6) is 5.88 Å². The monoisotopic (exact) mass is 515 g/mol. The van der Waals surface area contributed by atoms with Crippen LogP contribution in [0.1, 0.15) is 36.6 Å². The fourth-order valence-corrected chi connectivity index (χ4v) is 4.76. The highest BCUT2D eigenvalue weighted by Crippen LogP contribution is 2.31. The smallest absolute Gasteiger partial charge is 0.260 e. The Balaban J connectivity index is 1.36. The van der Waals surface area contributed by atoms with Gasteiger partial charge < -0.3 is 14.4 Å². The van der Waals surface area contributed by atoms with Crippen molar-refractivity contribution in [3.05, 3.63) is 65.4 Å². The standard InChI is InChI=1S/C28H33N7O3/c1-3-4-9-25-24(28(34(2)31-25)38-19-26(36)35-14-16-37-17-15-35)18-20-10-12-21(13-11-20)22-7-5-6-8-23(22)27-29-32-33-30-27/h5-8,10-13H,3-4,9,14-19H2,1-2H3,(H,29,30,32,33). The van der Waals surface area contributed by atoms with Crippen LogP contribution in [0.25, 0.3) is 22.5 Å². The van der Waals surface area contributed by atoms with Gasteiger partial charge in [-0.1, -0.05) is 61.9 Å². The molecule has 1 saturated heterocycles. The number of rotatable bonds is 10. The average molecular weight is 516 g/mol. The summed E-state index contributed by atoms with van der Waals surface area (Å²) in [6, 6.07) is 16.5. The van der Waals surface area contributed by atoms with E-state index in [0.717, 1.165) is 52.8 Å². The molecule has 198 valence electrons. The molecule has 1 N–H and O–H groups in total. The van der Waals surface area contributed by atoms with Gasteiger partial charge in [-0.05, 0) is 34.7 Å². The predicted octanol–water partition coefficient (Wildman–Crippen LogP) is 3.44. The van der Waals surface area contributed by atoms with Crippen molar-refractivity contribution in [3.63, 3.8) is 0 Å². The van der Waals surface area contributed by atoms with E-state index in [-0.39, 0.29) is 12.5 Å². The Bertz CT molecular complexity index is 1340. The van der Waals surface area contributed by atoms with Gasteiger partial charge in [-0.15, -0.1) is 10.2 Å². The van der Waals surface area contributed by atoms with Gasteiger partial charge in [0.15, 0.2) is 6.61 Å². The van der Waals surface area contributed by atoms with Crippen molar-refractivity contribution in [2.24, 2.45) is 7.05 Å². The first kappa shape index (κ1) is 25.6. The van der Waals surface area contributed by atoms with Gasteiger partial charge in [0.05, 0.1) is 18.9 Å². The van der Waals surface area contributed by atoms with Crippen LogP contribution in [-0.4, -0.2) is 74.1 Å². The molecule has 0 aliphatic carbocycles. The van der Waals surface area contributed by atoms with E-state index >= 15 is 0 Å². The van der Waals surface area contributed by atoms with Crippen molar-refractivity contribution in [1.82, 2.24) is 35.3 Å². The number of tetrazole rings is 1. The summed E-state index contributed by atoms with van der Waals surface area (Å²) in [5, 5.41) is 19.3. The molecule has 10 nitrogen and oxygen atoms in total. The number of nitrogens with zero attached hydrogens (tertiary/aromatic N) is 6. The fourth-order valence-electron chi connectivity index (χ4n) is 4.76. The highest BCUT2D eigenvalue weighted by Gasteiger charge is 2.22. The second kappa shape index (κ2) is 12.0. The van der Waals surface area contributed by atoms with Crippen LogP contribution in [0, 0.1) is 0 Å². The summed E-state index contributed by atoms with van der Waals surface area (Å²) in [4.78, 5) is 14.5. The lowest BCUT2D eigenvalue weighted by Gasteiger charge is -2.26. The predicted molar refractivity (Wildman–Crippen MR) is 143 cm³/mol. The number of ether oxygens (including phenoxy) is 2. The van der Waals surface area contributed by atoms with E-state index in [4.69, 9.17) is 14.6 Å². The highest BCUT2D eigenvalue weighted by atomic mass is 16.5. The molecular weight excluding hydrogens is 482 g/mol. The van der Waals surface area contributed by atoms with E-state index in [1.807, 2.05) is 25.2 Å². The molecule has 5 rings (SSSR count). The number of amides is 1. The number of morpholine rings is 1.